The van der Waals surface area contributed by atoms with Gasteiger partial charge in [-0.25, -0.2) is 4.79 Å². The fourth-order valence-electron chi connectivity index (χ4n) is 2.43. The average molecular weight is 239 g/mol. The summed E-state index contributed by atoms with van der Waals surface area (Å²) in [5.41, 5.74) is 2.58. The minimum absolute atomic E-state index is 0.431. The Kier molecular flexibility index (Phi) is 2.33. The number of rotatable bonds is 1. The second kappa shape index (κ2) is 3.88. The molecule has 1 aliphatic heterocycles. The maximum Gasteiger partial charge on any atom is 0.333 e. The molecule has 0 bridgehead atoms. The Morgan fingerprint density at radius 1 is 1.22 bits per heavy atom. The van der Waals surface area contributed by atoms with Crippen LogP contribution in [0, 0.1) is 0 Å². The van der Waals surface area contributed by atoms with Crippen molar-refractivity contribution in [1.29, 1.82) is 0 Å². The number of fused-ring (bicyclic) bond motifs is 2. The van der Waals surface area contributed by atoms with E-state index in [0.29, 0.717) is 12.0 Å². The minimum atomic E-state index is -0.847. The largest absolute Gasteiger partial charge is 0.478 e. The number of aliphatic carboxylic acids is 1. The first-order valence-corrected chi connectivity index (χ1v) is 5.83. The highest BCUT2D eigenvalue weighted by molar-refractivity contribution is 5.93. The normalized spacial score (nSPS) is 14.3. The monoisotopic (exact) mass is 239 g/mol. The summed E-state index contributed by atoms with van der Waals surface area (Å²) in [5.74, 6) is -0.847. The van der Waals surface area contributed by atoms with Crippen LogP contribution < -0.4 is 4.90 Å². The molecule has 3 rings (SSSR count). The third-order valence-corrected chi connectivity index (χ3v) is 3.33. The number of hydrogen-bond donors (Lipinski definition) is 1. The van der Waals surface area contributed by atoms with Crippen molar-refractivity contribution < 1.29 is 9.90 Å². The van der Waals surface area contributed by atoms with Gasteiger partial charge >= 0.3 is 5.97 Å². The maximum absolute atomic E-state index is 11.1. The van der Waals surface area contributed by atoms with E-state index in [-0.39, 0.29) is 0 Å². The standard InChI is InChI=1S/C15H13NO2/c1-16-9-13(15(17)18)7-12-6-10-4-2-3-5-11(10)8-14(12)16/h2-6,8-9H,7H2,1H3,(H,17,18). The van der Waals surface area contributed by atoms with Gasteiger partial charge in [0.1, 0.15) is 0 Å². The molecule has 2 aromatic carbocycles. The number of anilines is 1. The molecule has 1 heterocycles. The molecular formula is C15H13NO2. The number of benzene rings is 2. The third kappa shape index (κ3) is 1.64. The summed E-state index contributed by atoms with van der Waals surface area (Å²) in [7, 11) is 1.88. The summed E-state index contributed by atoms with van der Waals surface area (Å²) in [6.45, 7) is 0. The average Bonchev–Trinajstić information content (AvgIpc) is 2.36. The van der Waals surface area contributed by atoms with Crippen LogP contribution in [0.1, 0.15) is 5.56 Å². The lowest BCUT2D eigenvalue weighted by Crippen LogP contribution is -2.20. The van der Waals surface area contributed by atoms with Crippen molar-refractivity contribution in [2.45, 2.75) is 6.42 Å². The maximum atomic E-state index is 11.1. The summed E-state index contributed by atoms with van der Waals surface area (Å²) in [4.78, 5) is 13.0. The van der Waals surface area contributed by atoms with Crippen LogP contribution in [0.5, 0.6) is 0 Å². The van der Waals surface area contributed by atoms with Crippen molar-refractivity contribution in [3.05, 3.63) is 53.7 Å². The Hall–Kier alpha value is -2.29. The molecule has 0 saturated carbocycles. The molecule has 0 fully saturated rings. The SMILES string of the molecule is CN1C=C(C(=O)O)Cc2cc3ccccc3cc21. The van der Waals surface area contributed by atoms with E-state index >= 15 is 0 Å². The van der Waals surface area contributed by atoms with Gasteiger partial charge < -0.3 is 10.0 Å². The van der Waals surface area contributed by atoms with Gasteiger partial charge in [-0.15, -0.1) is 0 Å². The van der Waals surface area contributed by atoms with Crippen LogP contribution in [0.2, 0.25) is 0 Å². The summed E-state index contributed by atoms with van der Waals surface area (Å²) in [6, 6.07) is 12.3. The second-order valence-corrected chi connectivity index (χ2v) is 4.58. The van der Waals surface area contributed by atoms with E-state index in [1.165, 1.54) is 5.39 Å². The van der Waals surface area contributed by atoms with Crippen LogP contribution in [0.15, 0.2) is 48.2 Å². The van der Waals surface area contributed by atoms with Crippen LogP contribution in [-0.2, 0) is 11.2 Å². The molecule has 3 heteroatoms. The van der Waals surface area contributed by atoms with E-state index in [1.807, 2.05) is 30.1 Å². The molecule has 18 heavy (non-hydrogen) atoms. The van der Waals surface area contributed by atoms with Gasteiger partial charge in [-0.1, -0.05) is 24.3 Å². The van der Waals surface area contributed by atoms with Gasteiger partial charge in [-0.3, -0.25) is 0 Å². The first-order valence-electron chi connectivity index (χ1n) is 5.83. The summed E-state index contributed by atoms with van der Waals surface area (Å²) >= 11 is 0. The number of carbonyl (C=O) groups is 1. The first-order chi connectivity index (χ1) is 8.65. The molecule has 0 spiro atoms. The zero-order chi connectivity index (χ0) is 12.7. The van der Waals surface area contributed by atoms with Crippen molar-refractivity contribution in [2.75, 3.05) is 11.9 Å². The zero-order valence-electron chi connectivity index (χ0n) is 10.1. The van der Waals surface area contributed by atoms with Gasteiger partial charge in [-0.2, -0.15) is 0 Å². The number of carboxylic acid groups (broad SMARTS) is 1. The molecular weight excluding hydrogens is 226 g/mol. The van der Waals surface area contributed by atoms with Crippen molar-refractivity contribution in [2.24, 2.45) is 0 Å². The molecule has 0 unspecified atom stereocenters. The third-order valence-electron chi connectivity index (χ3n) is 3.33. The molecule has 0 radical (unpaired) electrons. The van der Waals surface area contributed by atoms with Crippen LogP contribution in [-0.4, -0.2) is 18.1 Å². The second-order valence-electron chi connectivity index (χ2n) is 4.58. The van der Waals surface area contributed by atoms with Crippen LogP contribution in [0.4, 0.5) is 5.69 Å². The van der Waals surface area contributed by atoms with E-state index in [0.717, 1.165) is 16.6 Å². The van der Waals surface area contributed by atoms with Crippen molar-refractivity contribution >= 4 is 22.4 Å². The molecule has 1 N–H and O–H groups in total. The topological polar surface area (TPSA) is 40.5 Å². The molecule has 1 aliphatic rings. The Morgan fingerprint density at radius 3 is 2.56 bits per heavy atom. The van der Waals surface area contributed by atoms with E-state index < -0.39 is 5.97 Å². The van der Waals surface area contributed by atoms with Crippen molar-refractivity contribution in [1.82, 2.24) is 0 Å². The first kappa shape index (κ1) is 10.8. The Morgan fingerprint density at radius 2 is 1.89 bits per heavy atom. The lowest BCUT2D eigenvalue weighted by Gasteiger charge is -2.25. The number of hydrogen-bond acceptors (Lipinski definition) is 2. The van der Waals surface area contributed by atoms with E-state index in [4.69, 9.17) is 5.11 Å². The molecule has 0 aromatic heterocycles. The van der Waals surface area contributed by atoms with Crippen LogP contribution in [0.25, 0.3) is 10.8 Å². The van der Waals surface area contributed by atoms with Crippen molar-refractivity contribution in [3.8, 4) is 0 Å². The highest BCUT2D eigenvalue weighted by Gasteiger charge is 2.19. The summed E-state index contributed by atoms with van der Waals surface area (Å²) < 4.78 is 0. The molecule has 0 saturated heterocycles. The lowest BCUT2D eigenvalue weighted by molar-refractivity contribution is -0.132. The summed E-state index contributed by atoms with van der Waals surface area (Å²) in [5, 5.41) is 11.4. The Bertz CT molecular complexity index is 673. The van der Waals surface area contributed by atoms with E-state index in [1.54, 1.807) is 6.20 Å². The van der Waals surface area contributed by atoms with Crippen LogP contribution in [0.3, 0.4) is 0 Å². The van der Waals surface area contributed by atoms with Crippen LogP contribution >= 0.6 is 0 Å². The Balaban J connectivity index is 2.18. The van der Waals surface area contributed by atoms with Crippen molar-refractivity contribution in [3.63, 3.8) is 0 Å². The predicted molar refractivity (Wildman–Crippen MR) is 71.8 cm³/mol. The lowest BCUT2D eigenvalue weighted by atomic mass is 9.96. The fourth-order valence-corrected chi connectivity index (χ4v) is 2.43. The fraction of sp³-hybridized carbons (Fsp3) is 0.133. The molecule has 0 amide bonds. The Labute approximate surface area is 105 Å². The minimum Gasteiger partial charge on any atom is -0.478 e. The molecule has 90 valence electrons. The van der Waals surface area contributed by atoms with Gasteiger partial charge in [-0.05, 0) is 28.5 Å². The van der Waals surface area contributed by atoms with Gasteiger partial charge in [0.25, 0.3) is 0 Å². The van der Waals surface area contributed by atoms with Gasteiger partial charge in [0.05, 0.1) is 5.57 Å². The van der Waals surface area contributed by atoms with Gasteiger partial charge in [0.15, 0.2) is 0 Å². The molecule has 0 atom stereocenters. The number of carboxylic acids is 1. The van der Waals surface area contributed by atoms with E-state index in [2.05, 4.69) is 18.2 Å². The van der Waals surface area contributed by atoms with E-state index in [9.17, 15) is 4.79 Å². The molecule has 2 aromatic rings. The highest BCUT2D eigenvalue weighted by Crippen LogP contribution is 2.32. The number of nitrogens with zero attached hydrogens (tertiary/aromatic N) is 1. The quantitative estimate of drug-likeness (QED) is 0.831. The molecule has 3 nitrogen and oxygen atoms in total. The predicted octanol–water partition coefficient (Wildman–Crippen LogP) is 2.80. The zero-order valence-corrected chi connectivity index (χ0v) is 10.1. The van der Waals surface area contributed by atoms with Gasteiger partial charge in [0.2, 0.25) is 0 Å². The van der Waals surface area contributed by atoms with Gasteiger partial charge in [0, 0.05) is 25.4 Å². The molecule has 0 aliphatic carbocycles. The highest BCUT2D eigenvalue weighted by atomic mass is 16.4. The smallest absolute Gasteiger partial charge is 0.333 e. The summed E-state index contributed by atoms with van der Waals surface area (Å²) in [6.07, 6.45) is 2.18.